The van der Waals surface area contributed by atoms with Gasteiger partial charge in [-0.2, -0.15) is 8.78 Å². The van der Waals surface area contributed by atoms with E-state index in [1.807, 2.05) is 0 Å². The Bertz CT molecular complexity index is 465. The van der Waals surface area contributed by atoms with Crippen LogP contribution in [0.4, 0.5) is 8.78 Å². The summed E-state index contributed by atoms with van der Waals surface area (Å²) in [6.45, 7) is -1.38. The highest BCUT2D eigenvalue weighted by Gasteiger charge is 2.18. The molecule has 0 bridgehead atoms. The van der Waals surface area contributed by atoms with Crippen LogP contribution in [0.3, 0.4) is 0 Å². The second-order valence-electron chi connectivity index (χ2n) is 3.68. The van der Waals surface area contributed by atoms with Crippen molar-refractivity contribution in [2.24, 2.45) is 0 Å². The Balaban J connectivity index is 2.79. The van der Waals surface area contributed by atoms with E-state index in [-0.39, 0.29) is 17.7 Å². The molecule has 0 unspecified atom stereocenters. The van der Waals surface area contributed by atoms with E-state index < -0.39 is 24.5 Å². The van der Waals surface area contributed by atoms with Gasteiger partial charge in [-0.3, -0.25) is 4.79 Å². The Kier molecular flexibility index (Phi) is 5.23. The molecule has 1 aromatic rings. The smallest absolute Gasteiger partial charge is 0.387 e. The zero-order chi connectivity index (χ0) is 14.4. The van der Waals surface area contributed by atoms with Crippen LogP contribution in [-0.4, -0.2) is 29.6 Å². The van der Waals surface area contributed by atoms with Gasteiger partial charge < -0.3 is 15.2 Å². The molecular weight excluding hydrogens is 260 g/mol. The van der Waals surface area contributed by atoms with Crippen LogP contribution >= 0.6 is 0 Å². The fourth-order valence-electron chi connectivity index (χ4n) is 1.39. The molecule has 0 spiro atoms. The summed E-state index contributed by atoms with van der Waals surface area (Å²) in [5, 5.41) is 11.1. The van der Waals surface area contributed by atoms with Crippen LogP contribution in [0, 0.1) is 0 Å². The number of hydrogen-bond donors (Lipinski definition) is 2. The van der Waals surface area contributed by atoms with Gasteiger partial charge in [0.25, 0.3) is 5.91 Å². The number of alkyl halides is 2. The van der Waals surface area contributed by atoms with Crippen molar-refractivity contribution in [2.75, 3.05) is 0 Å². The number of carboxylic acids is 1. The van der Waals surface area contributed by atoms with E-state index in [1.54, 1.807) is 6.92 Å². The third-order valence-electron chi connectivity index (χ3n) is 2.33. The number of carbonyl (C=O) groups excluding carboxylic acids is 1. The fraction of sp³-hybridized carbons (Fsp3) is 0.333. The lowest BCUT2D eigenvalue weighted by Crippen LogP contribution is -2.40. The summed E-state index contributed by atoms with van der Waals surface area (Å²) in [5.41, 5.74) is 0.0536. The first-order valence-corrected chi connectivity index (χ1v) is 5.52. The van der Waals surface area contributed by atoms with Crippen LogP contribution in [0.1, 0.15) is 23.7 Å². The summed E-state index contributed by atoms with van der Waals surface area (Å²) in [6, 6.07) is 4.12. The number of halogens is 2. The van der Waals surface area contributed by atoms with Gasteiger partial charge in [-0.05, 0) is 24.6 Å². The van der Waals surface area contributed by atoms with Gasteiger partial charge in [0.05, 0.1) is 0 Å². The maximum Gasteiger partial charge on any atom is 0.387 e. The number of carbonyl (C=O) groups is 2. The van der Waals surface area contributed by atoms with Gasteiger partial charge >= 0.3 is 12.6 Å². The average molecular weight is 273 g/mol. The zero-order valence-corrected chi connectivity index (χ0v) is 10.1. The molecule has 104 valence electrons. The van der Waals surface area contributed by atoms with E-state index in [4.69, 9.17) is 5.11 Å². The highest BCUT2D eigenvalue weighted by Crippen LogP contribution is 2.16. The van der Waals surface area contributed by atoms with Gasteiger partial charge in [-0.15, -0.1) is 0 Å². The molecule has 5 nitrogen and oxygen atoms in total. The van der Waals surface area contributed by atoms with Gasteiger partial charge in [0.2, 0.25) is 0 Å². The van der Waals surface area contributed by atoms with Crippen LogP contribution in [0.5, 0.6) is 5.75 Å². The quantitative estimate of drug-likeness (QED) is 0.829. The second kappa shape index (κ2) is 6.67. The molecular formula is C12H13F2NO4. The number of benzene rings is 1. The average Bonchev–Trinajstić information content (AvgIpc) is 2.34. The van der Waals surface area contributed by atoms with E-state index in [0.29, 0.717) is 0 Å². The van der Waals surface area contributed by atoms with Crippen molar-refractivity contribution in [1.29, 1.82) is 0 Å². The molecule has 1 atom stereocenters. The maximum atomic E-state index is 12.0. The Morgan fingerprint density at radius 3 is 2.63 bits per heavy atom. The highest BCUT2D eigenvalue weighted by molar-refractivity contribution is 5.96. The first-order valence-electron chi connectivity index (χ1n) is 5.52. The molecule has 7 heteroatoms. The Labute approximate surface area is 108 Å². The summed E-state index contributed by atoms with van der Waals surface area (Å²) < 4.78 is 28.2. The maximum absolute atomic E-state index is 12.0. The summed E-state index contributed by atoms with van der Waals surface area (Å²) in [4.78, 5) is 22.5. The normalized spacial score (nSPS) is 12.0. The van der Waals surface area contributed by atoms with Crippen molar-refractivity contribution in [3.05, 3.63) is 29.8 Å². The Hall–Kier alpha value is -2.18. The molecule has 19 heavy (non-hydrogen) atoms. The van der Waals surface area contributed by atoms with Gasteiger partial charge in [0.1, 0.15) is 11.8 Å². The number of ether oxygens (including phenoxy) is 1. The molecule has 0 aliphatic carbocycles. The van der Waals surface area contributed by atoms with Crippen LogP contribution < -0.4 is 10.1 Å². The van der Waals surface area contributed by atoms with E-state index in [9.17, 15) is 18.4 Å². The molecule has 0 heterocycles. The summed E-state index contributed by atoms with van der Waals surface area (Å²) in [5.74, 6) is -1.98. The molecule has 1 aromatic carbocycles. The molecule has 1 rings (SSSR count). The first kappa shape index (κ1) is 14.9. The Morgan fingerprint density at radius 1 is 1.42 bits per heavy atom. The van der Waals surface area contributed by atoms with E-state index in [0.717, 1.165) is 6.07 Å². The molecule has 0 aliphatic rings. The number of aliphatic carboxylic acids is 1. The number of nitrogens with one attached hydrogen (secondary N) is 1. The monoisotopic (exact) mass is 273 g/mol. The fourth-order valence-corrected chi connectivity index (χ4v) is 1.39. The number of rotatable bonds is 6. The van der Waals surface area contributed by atoms with E-state index in [1.165, 1.54) is 18.2 Å². The van der Waals surface area contributed by atoms with Crippen LogP contribution in [0.25, 0.3) is 0 Å². The molecule has 0 saturated heterocycles. The van der Waals surface area contributed by atoms with Crippen molar-refractivity contribution < 1.29 is 28.2 Å². The minimum Gasteiger partial charge on any atom is -0.480 e. The van der Waals surface area contributed by atoms with Gasteiger partial charge in [0.15, 0.2) is 0 Å². The van der Waals surface area contributed by atoms with Gasteiger partial charge in [-0.1, -0.05) is 13.0 Å². The van der Waals surface area contributed by atoms with Crippen LogP contribution in [0.2, 0.25) is 0 Å². The molecule has 2 N–H and O–H groups in total. The minimum atomic E-state index is -2.99. The molecule has 0 radical (unpaired) electrons. The SMILES string of the molecule is CC[C@H](NC(=O)c1cccc(OC(F)F)c1)C(=O)O. The highest BCUT2D eigenvalue weighted by atomic mass is 19.3. The molecule has 0 aliphatic heterocycles. The number of amides is 1. The van der Waals surface area contributed by atoms with Gasteiger partial charge in [0, 0.05) is 5.56 Å². The second-order valence-corrected chi connectivity index (χ2v) is 3.68. The topological polar surface area (TPSA) is 75.6 Å². The van der Waals surface area contributed by atoms with E-state index >= 15 is 0 Å². The lowest BCUT2D eigenvalue weighted by molar-refractivity contribution is -0.139. The largest absolute Gasteiger partial charge is 0.480 e. The third-order valence-corrected chi connectivity index (χ3v) is 2.33. The van der Waals surface area contributed by atoms with Crippen LogP contribution in [-0.2, 0) is 4.79 Å². The Morgan fingerprint density at radius 2 is 2.11 bits per heavy atom. The van der Waals surface area contributed by atoms with E-state index in [2.05, 4.69) is 10.1 Å². The first-order chi connectivity index (χ1) is 8.93. The number of carboxylic acid groups (broad SMARTS) is 1. The lowest BCUT2D eigenvalue weighted by atomic mass is 10.1. The van der Waals surface area contributed by atoms with Crippen molar-refractivity contribution >= 4 is 11.9 Å². The lowest BCUT2D eigenvalue weighted by Gasteiger charge is -2.12. The zero-order valence-electron chi connectivity index (χ0n) is 10.1. The standard InChI is InChI=1S/C12H13F2NO4/c1-2-9(11(17)18)15-10(16)7-4-3-5-8(6-7)19-12(13)14/h3-6,9,12H,2H2,1H3,(H,15,16)(H,17,18)/t9-/m0/s1. The molecule has 0 fully saturated rings. The van der Waals surface area contributed by atoms with Crippen molar-refractivity contribution in [2.45, 2.75) is 26.0 Å². The number of hydrogen-bond acceptors (Lipinski definition) is 3. The predicted molar refractivity (Wildman–Crippen MR) is 62.3 cm³/mol. The van der Waals surface area contributed by atoms with Crippen molar-refractivity contribution in [1.82, 2.24) is 5.32 Å². The van der Waals surface area contributed by atoms with Crippen molar-refractivity contribution in [3.8, 4) is 5.75 Å². The van der Waals surface area contributed by atoms with Crippen molar-refractivity contribution in [3.63, 3.8) is 0 Å². The molecule has 0 saturated carbocycles. The summed E-state index contributed by atoms with van der Waals surface area (Å²) in [6.07, 6.45) is 0.217. The third kappa shape index (κ3) is 4.53. The predicted octanol–water partition coefficient (Wildman–Crippen LogP) is 1.88. The molecule has 0 aromatic heterocycles. The summed E-state index contributed by atoms with van der Waals surface area (Å²) >= 11 is 0. The minimum absolute atomic E-state index is 0.0536. The molecule has 1 amide bonds. The van der Waals surface area contributed by atoms with Crippen LogP contribution in [0.15, 0.2) is 24.3 Å². The summed E-state index contributed by atoms with van der Waals surface area (Å²) in [7, 11) is 0. The van der Waals surface area contributed by atoms with Gasteiger partial charge in [-0.25, -0.2) is 4.79 Å².